The molecule has 5 heteroatoms. The molecule has 0 radical (unpaired) electrons. The minimum absolute atomic E-state index is 0.520. The lowest BCUT2D eigenvalue weighted by Crippen LogP contribution is -2.20. The summed E-state index contributed by atoms with van der Waals surface area (Å²) in [6.07, 6.45) is 0. The van der Waals surface area contributed by atoms with E-state index in [2.05, 4.69) is 26.6 Å². The van der Waals surface area contributed by atoms with Crippen LogP contribution in [0.5, 0.6) is 0 Å². The molecule has 2 nitrogen and oxygen atoms in total. The number of hydrogen-bond acceptors (Lipinski definition) is 1. The van der Waals surface area contributed by atoms with Crippen molar-refractivity contribution in [2.45, 2.75) is 13.8 Å². The summed E-state index contributed by atoms with van der Waals surface area (Å²) in [6, 6.07) is 11.7. The summed E-state index contributed by atoms with van der Waals surface area (Å²) in [5.41, 5.74) is 4.10. The van der Waals surface area contributed by atoms with E-state index in [1.165, 1.54) is 0 Å². The number of rotatable bonds is 2. The average Bonchev–Trinajstić information content (AvgIpc) is 2.37. The highest BCUT2D eigenvalue weighted by atomic mass is 79.9. The third-order valence-corrected chi connectivity index (χ3v) is 3.91. The van der Waals surface area contributed by atoms with E-state index in [0.717, 1.165) is 27.0 Å². The SMILES string of the molecule is Cc1cccc(C)c1NC(=S)Nc1ccc(Br)cc1Cl. The van der Waals surface area contributed by atoms with Crippen molar-refractivity contribution in [2.24, 2.45) is 0 Å². The van der Waals surface area contributed by atoms with Crippen molar-refractivity contribution in [3.05, 3.63) is 57.0 Å². The van der Waals surface area contributed by atoms with Gasteiger partial charge in [0.2, 0.25) is 0 Å². The van der Waals surface area contributed by atoms with Crippen LogP contribution < -0.4 is 10.6 Å². The van der Waals surface area contributed by atoms with Gasteiger partial charge >= 0.3 is 0 Å². The predicted octanol–water partition coefficient (Wildman–Crippen LogP) is 5.53. The summed E-state index contributed by atoms with van der Waals surface area (Å²) in [7, 11) is 0. The Balaban J connectivity index is 2.13. The maximum atomic E-state index is 6.16. The van der Waals surface area contributed by atoms with E-state index in [0.29, 0.717) is 10.1 Å². The van der Waals surface area contributed by atoms with Crippen molar-refractivity contribution in [3.8, 4) is 0 Å². The molecule has 0 unspecified atom stereocenters. The van der Waals surface area contributed by atoms with Gasteiger partial charge in [0.15, 0.2) is 5.11 Å². The van der Waals surface area contributed by atoms with Gasteiger partial charge in [0.1, 0.15) is 0 Å². The van der Waals surface area contributed by atoms with Gasteiger partial charge in [0, 0.05) is 10.2 Å². The Kier molecular flexibility index (Phi) is 5.02. The smallest absolute Gasteiger partial charge is 0.175 e. The van der Waals surface area contributed by atoms with Gasteiger partial charge in [-0.1, -0.05) is 45.7 Å². The average molecular weight is 370 g/mol. The molecule has 2 N–H and O–H groups in total. The first-order valence-electron chi connectivity index (χ1n) is 6.06. The van der Waals surface area contributed by atoms with Crippen molar-refractivity contribution in [1.82, 2.24) is 0 Å². The summed E-state index contributed by atoms with van der Waals surface area (Å²) in [6.45, 7) is 4.09. The molecule has 0 spiro atoms. The predicted molar refractivity (Wildman–Crippen MR) is 94.9 cm³/mol. The fourth-order valence-corrected chi connectivity index (χ4v) is 2.80. The maximum absolute atomic E-state index is 6.16. The third kappa shape index (κ3) is 3.72. The quantitative estimate of drug-likeness (QED) is 0.681. The lowest BCUT2D eigenvalue weighted by atomic mass is 10.1. The summed E-state index contributed by atoms with van der Waals surface area (Å²) >= 11 is 14.9. The molecule has 0 bridgehead atoms. The van der Waals surface area contributed by atoms with Crippen molar-refractivity contribution in [3.63, 3.8) is 0 Å². The van der Waals surface area contributed by atoms with Crippen LogP contribution in [0.2, 0.25) is 5.02 Å². The van der Waals surface area contributed by atoms with Crippen molar-refractivity contribution < 1.29 is 0 Å². The Morgan fingerprint density at radius 2 is 1.75 bits per heavy atom. The van der Waals surface area contributed by atoms with E-state index < -0.39 is 0 Å². The summed E-state index contributed by atoms with van der Waals surface area (Å²) in [4.78, 5) is 0. The van der Waals surface area contributed by atoms with Gasteiger partial charge in [0.05, 0.1) is 10.7 Å². The van der Waals surface area contributed by atoms with Crippen molar-refractivity contribution >= 4 is 56.2 Å². The van der Waals surface area contributed by atoms with Crippen LogP contribution in [0.15, 0.2) is 40.9 Å². The van der Waals surface area contributed by atoms with E-state index in [1.54, 1.807) is 0 Å². The van der Waals surface area contributed by atoms with Crippen LogP contribution in [0.1, 0.15) is 11.1 Å². The van der Waals surface area contributed by atoms with Crippen LogP contribution in [0.3, 0.4) is 0 Å². The van der Waals surface area contributed by atoms with Crippen LogP contribution in [-0.2, 0) is 0 Å². The maximum Gasteiger partial charge on any atom is 0.175 e. The lowest BCUT2D eigenvalue weighted by molar-refractivity contribution is 1.37. The second-order valence-corrected chi connectivity index (χ2v) is 6.20. The Bertz CT molecular complexity index is 638. The Morgan fingerprint density at radius 1 is 1.10 bits per heavy atom. The molecule has 2 aromatic rings. The van der Waals surface area contributed by atoms with Crippen LogP contribution in [0.25, 0.3) is 0 Å². The molecule has 20 heavy (non-hydrogen) atoms. The monoisotopic (exact) mass is 368 g/mol. The third-order valence-electron chi connectivity index (χ3n) is 2.90. The minimum atomic E-state index is 0.520. The number of halogens is 2. The second kappa shape index (κ2) is 6.57. The van der Waals surface area contributed by atoms with E-state index >= 15 is 0 Å². The number of nitrogens with one attached hydrogen (secondary N) is 2. The highest BCUT2D eigenvalue weighted by Crippen LogP contribution is 2.26. The molecule has 0 fully saturated rings. The van der Waals surface area contributed by atoms with Gasteiger partial charge in [-0.3, -0.25) is 0 Å². The van der Waals surface area contributed by atoms with E-state index in [4.69, 9.17) is 23.8 Å². The number of benzene rings is 2. The highest BCUT2D eigenvalue weighted by molar-refractivity contribution is 9.10. The molecule has 0 heterocycles. The summed E-state index contributed by atoms with van der Waals surface area (Å²) < 4.78 is 0.932. The molecule has 0 aliphatic heterocycles. The normalized spacial score (nSPS) is 10.2. The molecule has 0 saturated carbocycles. The van der Waals surface area contributed by atoms with Crippen molar-refractivity contribution in [1.29, 1.82) is 0 Å². The van der Waals surface area contributed by atoms with E-state index in [9.17, 15) is 0 Å². The van der Waals surface area contributed by atoms with Gasteiger partial charge in [-0.15, -0.1) is 0 Å². The summed E-state index contributed by atoms with van der Waals surface area (Å²) in [5, 5.41) is 7.46. The number of anilines is 2. The highest BCUT2D eigenvalue weighted by Gasteiger charge is 2.06. The van der Waals surface area contributed by atoms with E-state index in [-0.39, 0.29) is 0 Å². The van der Waals surface area contributed by atoms with Gasteiger partial charge < -0.3 is 10.6 Å². The molecule has 0 amide bonds. The van der Waals surface area contributed by atoms with Crippen molar-refractivity contribution in [2.75, 3.05) is 10.6 Å². The first-order chi connectivity index (χ1) is 9.47. The van der Waals surface area contributed by atoms with Crippen LogP contribution in [0, 0.1) is 13.8 Å². The summed E-state index contributed by atoms with van der Waals surface area (Å²) in [5.74, 6) is 0. The van der Waals surface area contributed by atoms with Gasteiger partial charge in [0.25, 0.3) is 0 Å². The van der Waals surface area contributed by atoms with Gasteiger partial charge in [-0.2, -0.15) is 0 Å². The number of para-hydroxylation sites is 1. The van der Waals surface area contributed by atoms with Gasteiger partial charge in [-0.25, -0.2) is 0 Å². The standard InChI is InChI=1S/C15H14BrClN2S/c1-9-4-3-5-10(2)14(9)19-15(20)18-13-7-6-11(16)8-12(13)17/h3-8H,1-2H3,(H2,18,19,20). The molecule has 0 aliphatic carbocycles. The molecule has 0 atom stereocenters. The number of hydrogen-bond donors (Lipinski definition) is 2. The molecule has 2 aromatic carbocycles. The first-order valence-corrected chi connectivity index (χ1v) is 7.64. The lowest BCUT2D eigenvalue weighted by Gasteiger charge is -2.15. The minimum Gasteiger partial charge on any atom is -0.332 e. The molecular formula is C15H14BrClN2S. The molecule has 0 aromatic heterocycles. The fourth-order valence-electron chi connectivity index (χ4n) is 1.87. The topological polar surface area (TPSA) is 24.1 Å². The molecule has 0 saturated heterocycles. The zero-order valence-electron chi connectivity index (χ0n) is 11.1. The molecular weight excluding hydrogens is 356 g/mol. The zero-order valence-corrected chi connectivity index (χ0v) is 14.3. The van der Waals surface area contributed by atoms with Crippen LogP contribution in [0.4, 0.5) is 11.4 Å². The number of thiocarbonyl (C=S) groups is 1. The Hall–Kier alpha value is -1.10. The Morgan fingerprint density at radius 3 is 2.35 bits per heavy atom. The second-order valence-electron chi connectivity index (χ2n) is 4.47. The Labute approximate surface area is 137 Å². The number of aryl methyl sites for hydroxylation is 2. The molecule has 104 valence electrons. The van der Waals surface area contributed by atoms with E-state index in [1.807, 2.05) is 50.2 Å². The van der Waals surface area contributed by atoms with Gasteiger partial charge in [-0.05, 0) is 55.4 Å². The van der Waals surface area contributed by atoms with Crippen LogP contribution in [-0.4, -0.2) is 5.11 Å². The molecule has 2 rings (SSSR count). The zero-order chi connectivity index (χ0) is 14.7. The molecule has 0 aliphatic rings. The largest absolute Gasteiger partial charge is 0.332 e. The first kappa shape index (κ1) is 15.3. The van der Waals surface area contributed by atoms with Crippen LogP contribution >= 0.6 is 39.7 Å². The fraction of sp³-hybridized carbons (Fsp3) is 0.133.